The number of rotatable bonds is 4. The fraction of sp³-hybridized carbons (Fsp3) is 0.400. The van der Waals surface area contributed by atoms with Crippen molar-refractivity contribution in [3.63, 3.8) is 0 Å². The molecule has 3 rings (SSSR count). The van der Waals surface area contributed by atoms with E-state index in [0.29, 0.717) is 17.8 Å². The molecule has 2 unspecified atom stereocenters. The van der Waals surface area contributed by atoms with E-state index >= 15 is 0 Å². The average Bonchev–Trinajstić information content (AvgIpc) is 3.18. The summed E-state index contributed by atoms with van der Waals surface area (Å²) in [5, 5.41) is 21.6. The molecule has 7 nitrogen and oxygen atoms in total. The summed E-state index contributed by atoms with van der Waals surface area (Å²) in [7, 11) is 0. The van der Waals surface area contributed by atoms with Crippen LogP contribution in [-0.4, -0.2) is 51.7 Å². The van der Waals surface area contributed by atoms with E-state index in [1.165, 1.54) is 12.1 Å². The molecule has 0 saturated carbocycles. The van der Waals surface area contributed by atoms with Gasteiger partial charge >= 0.3 is 6.18 Å². The SMILES string of the molecule is Cl.O=C(NCC1CNCC1O)c1nnn(-c2cccc(F)c2)c1C(F)(F)F. The molecule has 0 radical (unpaired) electrons. The number of nitrogens with zero attached hydrogens (tertiary/aromatic N) is 3. The minimum absolute atomic E-state index is 0. The topological polar surface area (TPSA) is 92.1 Å². The number of carbonyl (C=O) groups excluding carboxylic acids is 1. The highest BCUT2D eigenvalue weighted by Crippen LogP contribution is 2.32. The number of hydrogen-bond donors (Lipinski definition) is 3. The number of nitrogens with one attached hydrogen (secondary N) is 2. The van der Waals surface area contributed by atoms with Gasteiger partial charge in [-0.2, -0.15) is 13.2 Å². The maximum atomic E-state index is 13.5. The first-order valence-electron chi connectivity index (χ1n) is 7.73. The van der Waals surface area contributed by atoms with E-state index in [-0.39, 0.29) is 30.6 Å². The molecule has 2 aromatic rings. The third kappa shape index (κ3) is 4.54. The standard InChI is InChI=1S/C15H15F4N5O2.ClH/c16-9-2-1-3-10(4-9)24-13(15(17,18)19)12(22-23-24)14(26)21-6-8-5-20-7-11(8)25;/h1-4,8,11,20,25H,5-7H2,(H,21,26);1H. The molecule has 1 aliphatic rings. The number of aliphatic hydroxyl groups excluding tert-OH is 1. The molecule has 1 aromatic carbocycles. The van der Waals surface area contributed by atoms with Crippen LogP contribution in [0.25, 0.3) is 5.69 Å². The van der Waals surface area contributed by atoms with Crippen molar-refractivity contribution >= 4 is 18.3 Å². The highest BCUT2D eigenvalue weighted by Gasteiger charge is 2.42. The third-order valence-corrected chi connectivity index (χ3v) is 4.04. The number of alkyl halides is 3. The number of benzene rings is 1. The van der Waals surface area contributed by atoms with E-state index in [1.54, 1.807) is 0 Å². The molecular weight excluding hydrogens is 394 g/mol. The molecule has 1 saturated heterocycles. The Morgan fingerprint density at radius 2 is 2.11 bits per heavy atom. The fourth-order valence-electron chi connectivity index (χ4n) is 2.71. The number of hydrogen-bond acceptors (Lipinski definition) is 5. The van der Waals surface area contributed by atoms with Crippen molar-refractivity contribution in [2.24, 2.45) is 5.92 Å². The number of aromatic nitrogens is 3. The van der Waals surface area contributed by atoms with Crippen molar-refractivity contribution in [2.75, 3.05) is 19.6 Å². The first kappa shape index (κ1) is 21.1. The van der Waals surface area contributed by atoms with E-state index in [4.69, 9.17) is 0 Å². The quantitative estimate of drug-likeness (QED) is 0.659. The van der Waals surface area contributed by atoms with Gasteiger partial charge in [0.25, 0.3) is 5.91 Å². The van der Waals surface area contributed by atoms with E-state index in [2.05, 4.69) is 20.9 Å². The van der Waals surface area contributed by atoms with Gasteiger partial charge in [-0.25, -0.2) is 9.07 Å². The summed E-state index contributed by atoms with van der Waals surface area (Å²) < 4.78 is 54.1. The van der Waals surface area contributed by atoms with Crippen LogP contribution >= 0.6 is 12.4 Å². The highest BCUT2D eigenvalue weighted by atomic mass is 35.5. The van der Waals surface area contributed by atoms with Gasteiger partial charge < -0.3 is 15.7 Å². The van der Waals surface area contributed by atoms with Crippen LogP contribution < -0.4 is 10.6 Å². The lowest BCUT2D eigenvalue weighted by molar-refractivity contribution is -0.143. The molecule has 2 atom stereocenters. The van der Waals surface area contributed by atoms with Crippen LogP contribution in [0.4, 0.5) is 17.6 Å². The van der Waals surface area contributed by atoms with Crippen molar-refractivity contribution in [3.05, 3.63) is 41.5 Å². The number of halogens is 5. The number of aliphatic hydroxyl groups is 1. The number of carbonyl (C=O) groups is 1. The largest absolute Gasteiger partial charge is 0.435 e. The minimum atomic E-state index is -4.93. The van der Waals surface area contributed by atoms with Gasteiger partial charge in [-0.1, -0.05) is 11.3 Å². The Balaban J connectivity index is 0.00000261. The second-order valence-electron chi connectivity index (χ2n) is 5.87. The van der Waals surface area contributed by atoms with Gasteiger partial charge in [0.1, 0.15) is 5.82 Å². The lowest BCUT2D eigenvalue weighted by Crippen LogP contribution is -2.35. The van der Waals surface area contributed by atoms with Crippen molar-refractivity contribution in [2.45, 2.75) is 12.3 Å². The Morgan fingerprint density at radius 3 is 2.70 bits per heavy atom. The highest BCUT2D eigenvalue weighted by molar-refractivity contribution is 5.93. The minimum Gasteiger partial charge on any atom is -0.391 e. The second-order valence-corrected chi connectivity index (χ2v) is 5.87. The Kier molecular flexibility index (Phi) is 6.39. The van der Waals surface area contributed by atoms with Crippen LogP contribution in [0.1, 0.15) is 16.2 Å². The molecule has 12 heteroatoms. The molecule has 1 aromatic heterocycles. The van der Waals surface area contributed by atoms with Gasteiger partial charge in [-0.15, -0.1) is 17.5 Å². The van der Waals surface area contributed by atoms with Crippen molar-refractivity contribution in [1.82, 2.24) is 25.6 Å². The zero-order valence-electron chi connectivity index (χ0n) is 13.7. The summed E-state index contributed by atoms with van der Waals surface area (Å²) in [6.45, 7) is 0.769. The fourth-order valence-corrected chi connectivity index (χ4v) is 2.71. The summed E-state index contributed by atoms with van der Waals surface area (Å²) >= 11 is 0. The van der Waals surface area contributed by atoms with E-state index in [1.807, 2.05) is 0 Å². The van der Waals surface area contributed by atoms with Crippen molar-refractivity contribution in [3.8, 4) is 5.69 Å². The van der Waals surface area contributed by atoms with E-state index < -0.39 is 35.4 Å². The Labute approximate surface area is 157 Å². The zero-order valence-corrected chi connectivity index (χ0v) is 14.5. The Morgan fingerprint density at radius 1 is 1.37 bits per heavy atom. The zero-order chi connectivity index (χ0) is 18.9. The summed E-state index contributed by atoms with van der Waals surface area (Å²) in [5.74, 6) is -2.13. The molecule has 27 heavy (non-hydrogen) atoms. The number of amides is 1. The van der Waals surface area contributed by atoms with Crippen LogP contribution in [0, 0.1) is 11.7 Å². The Hall–Kier alpha value is -2.24. The predicted molar refractivity (Wildman–Crippen MR) is 88.3 cm³/mol. The normalized spacial score (nSPS) is 19.6. The maximum Gasteiger partial charge on any atom is 0.435 e. The van der Waals surface area contributed by atoms with Crippen LogP contribution in [0.5, 0.6) is 0 Å². The van der Waals surface area contributed by atoms with E-state index in [0.717, 1.165) is 12.1 Å². The molecule has 1 aliphatic heterocycles. The molecule has 3 N–H and O–H groups in total. The van der Waals surface area contributed by atoms with Gasteiger partial charge in [0.05, 0.1) is 11.8 Å². The molecule has 148 valence electrons. The van der Waals surface area contributed by atoms with Crippen molar-refractivity contribution < 1.29 is 27.5 Å². The van der Waals surface area contributed by atoms with Crippen LogP contribution in [-0.2, 0) is 6.18 Å². The molecule has 2 heterocycles. The van der Waals surface area contributed by atoms with Crippen LogP contribution in [0.2, 0.25) is 0 Å². The molecular formula is C15H16ClF4N5O2. The van der Waals surface area contributed by atoms with E-state index in [9.17, 15) is 27.5 Å². The first-order valence-corrected chi connectivity index (χ1v) is 7.73. The first-order chi connectivity index (χ1) is 12.3. The maximum absolute atomic E-state index is 13.5. The second kappa shape index (κ2) is 8.19. The summed E-state index contributed by atoms with van der Waals surface area (Å²) in [4.78, 5) is 12.2. The van der Waals surface area contributed by atoms with Crippen LogP contribution in [0.15, 0.2) is 24.3 Å². The lowest BCUT2D eigenvalue weighted by atomic mass is 10.1. The number of β-amino-alcohol motifs (C(OH)–C–C–N with tert-alkyl or cyclic N) is 1. The predicted octanol–water partition coefficient (Wildman–Crippen LogP) is 1.16. The summed E-state index contributed by atoms with van der Waals surface area (Å²) in [6, 6.07) is 4.37. The van der Waals surface area contributed by atoms with Gasteiger partial charge in [0, 0.05) is 25.6 Å². The molecule has 1 fully saturated rings. The average molecular weight is 410 g/mol. The van der Waals surface area contributed by atoms with Crippen molar-refractivity contribution in [1.29, 1.82) is 0 Å². The monoisotopic (exact) mass is 409 g/mol. The third-order valence-electron chi connectivity index (χ3n) is 4.04. The smallest absolute Gasteiger partial charge is 0.391 e. The van der Waals surface area contributed by atoms with Gasteiger partial charge in [-0.3, -0.25) is 4.79 Å². The molecule has 0 spiro atoms. The summed E-state index contributed by atoms with van der Waals surface area (Å²) in [5.41, 5.74) is -2.52. The van der Waals surface area contributed by atoms with Gasteiger partial charge in [-0.05, 0) is 18.2 Å². The molecule has 1 amide bonds. The summed E-state index contributed by atoms with van der Waals surface area (Å²) in [6.07, 6.45) is -5.63. The van der Waals surface area contributed by atoms with Gasteiger partial charge in [0.15, 0.2) is 11.4 Å². The molecule has 0 bridgehead atoms. The molecule has 0 aliphatic carbocycles. The van der Waals surface area contributed by atoms with Gasteiger partial charge in [0.2, 0.25) is 0 Å². The lowest BCUT2D eigenvalue weighted by Gasteiger charge is -2.14. The Bertz CT molecular complexity index is 814. The van der Waals surface area contributed by atoms with Crippen LogP contribution in [0.3, 0.4) is 0 Å².